The van der Waals surface area contributed by atoms with Gasteiger partial charge in [0.1, 0.15) is 0 Å². The highest BCUT2D eigenvalue weighted by Crippen LogP contribution is 2.04. The third-order valence-electron chi connectivity index (χ3n) is 2.65. The maximum atomic E-state index is 5.94. The van der Waals surface area contributed by atoms with Gasteiger partial charge in [-0.05, 0) is 13.3 Å². The standard InChI is InChI=1S/C11H26N2O2/c1-5-10(2)13(6-7-14-3)8-11(12)9-15-4/h10-11H,5-9,12H2,1-4H3. The number of hydrogen-bond donors (Lipinski definition) is 1. The van der Waals surface area contributed by atoms with Crippen LogP contribution in [0, 0.1) is 0 Å². The summed E-state index contributed by atoms with van der Waals surface area (Å²) in [5.74, 6) is 0. The van der Waals surface area contributed by atoms with Crippen molar-refractivity contribution >= 4 is 0 Å². The molecular weight excluding hydrogens is 192 g/mol. The molecule has 2 unspecified atom stereocenters. The molecule has 4 heteroatoms. The van der Waals surface area contributed by atoms with E-state index in [-0.39, 0.29) is 6.04 Å². The quantitative estimate of drug-likeness (QED) is 0.619. The molecule has 92 valence electrons. The smallest absolute Gasteiger partial charge is 0.0626 e. The zero-order valence-electron chi connectivity index (χ0n) is 10.5. The van der Waals surface area contributed by atoms with Gasteiger partial charge in [0.25, 0.3) is 0 Å². The SMILES string of the molecule is CCC(C)N(CCOC)CC(N)COC. The second-order valence-corrected chi connectivity index (χ2v) is 3.96. The first-order chi connectivity index (χ1) is 7.15. The molecule has 4 nitrogen and oxygen atoms in total. The summed E-state index contributed by atoms with van der Waals surface area (Å²) >= 11 is 0. The highest BCUT2D eigenvalue weighted by molar-refractivity contribution is 4.72. The Labute approximate surface area is 93.7 Å². The molecule has 0 amide bonds. The second kappa shape index (κ2) is 9.09. The molecule has 0 aromatic heterocycles. The number of nitrogens with zero attached hydrogens (tertiary/aromatic N) is 1. The van der Waals surface area contributed by atoms with Crippen LogP contribution in [0.2, 0.25) is 0 Å². The number of methoxy groups -OCH3 is 2. The Kier molecular flexibility index (Phi) is 9.00. The maximum Gasteiger partial charge on any atom is 0.0626 e. The van der Waals surface area contributed by atoms with Crippen LogP contribution in [0.25, 0.3) is 0 Å². The average Bonchev–Trinajstić information content (AvgIpc) is 2.23. The van der Waals surface area contributed by atoms with Crippen LogP contribution in [0.4, 0.5) is 0 Å². The van der Waals surface area contributed by atoms with Crippen LogP contribution in [0.5, 0.6) is 0 Å². The van der Waals surface area contributed by atoms with Gasteiger partial charge in [-0.2, -0.15) is 0 Å². The Balaban J connectivity index is 3.98. The Bertz CT molecular complexity index is 145. The van der Waals surface area contributed by atoms with Crippen LogP contribution >= 0.6 is 0 Å². The Morgan fingerprint density at radius 1 is 1.27 bits per heavy atom. The van der Waals surface area contributed by atoms with Gasteiger partial charge in [0.15, 0.2) is 0 Å². The summed E-state index contributed by atoms with van der Waals surface area (Å²) in [4.78, 5) is 2.35. The van der Waals surface area contributed by atoms with Crippen molar-refractivity contribution < 1.29 is 9.47 Å². The summed E-state index contributed by atoms with van der Waals surface area (Å²) in [6.45, 7) is 7.57. The van der Waals surface area contributed by atoms with E-state index in [9.17, 15) is 0 Å². The Morgan fingerprint density at radius 3 is 2.40 bits per heavy atom. The minimum Gasteiger partial charge on any atom is -0.383 e. The predicted octanol–water partition coefficient (Wildman–Crippen LogP) is 0.707. The van der Waals surface area contributed by atoms with E-state index < -0.39 is 0 Å². The lowest BCUT2D eigenvalue weighted by Crippen LogP contribution is -2.45. The molecule has 0 radical (unpaired) electrons. The fourth-order valence-corrected chi connectivity index (χ4v) is 1.53. The van der Waals surface area contributed by atoms with E-state index in [2.05, 4.69) is 18.7 Å². The summed E-state index contributed by atoms with van der Waals surface area (Å²) in [6, 6.07) is 0.629. The number of nitrogens with two attached hydrogens (primary N) is 1. The van der Waals surface area contributed by atoms with Crippen molar-refractivity contribution in [1.29, 1.82) is 0 Å². The summed E-state index contributed by atoms with van der Waals surface area (Å²) < 4.78 is 10.1. The lowest BCUT2D eigenvalue weighted by atomic mass is 10.2. The van der Waals surface area contributed by atoms with Gasteiger partial charge in [-0.3, -0.25) is 4.90 Å². The van der Waals surface area contributed by atoms with Gasteiger partial charge in [-0.1, -0.05) is 6.92 Å². The molecule has 2 N–H and O–H groups in total. The van der Waals surface area contributed by atoms with Gasteiger partial charge in [0.2, 0.25) is 0 Å². The van der Waals surface area contributed by atoms with E-state index in [1.807, 2.05) is 0 Å². The number of rotatable bonds is 9. The molecular formula is C11H26N2O2. The first-order valence-corrected chi connectivity index (χ1v) is 5.63. The van der Waals surface area contributed by atoms with Crippen molar-refractivity contribution in [3.8, 4) is 0 Å². The monoisotopic (exact) mass is 218 g/mol. The van der Waals surface area contributed by atoms with E-state index in [1.165, 1.54) is 0 Å². The molecule has 0 aromatic rings. The van der Waals surface area contributed by atoms with Gasteiger partial charge in [-0.15, -0.1) is 0 Å². The van der Waals surface area contributed by atoms with Crippen molar-refractivity contribution in [2.24, 2.45) is 5.73 Å². The fourth-order valence-electron chi connectivity index (χ4n) is 1.53. The predicted molar refractivity (Wildman–Crippen MR) is 63.1 cm³/mol. The van der Waals surface area contributed by atoms with Crippen LogP contribution < -0.4 is 5.73 Å². The molecule has 0 aromatic carbocycles. The minimum absolute atomic E-state index is 0.0841. The molecule has 0 spiro atoms. The van der Waals surface area contributed by atoms with Gasteiger partial charge in [0.05, 0.1) is 13.2 Å². The van der Waals surface area contributed by atoms with E-state index in [0.29, 0.717) is 12.6 Å². The summed E-state index contributed by atoms with van der Waals surface area (Å²) in [5.41, 5.74) is 5.94. The summed E-state index contributed by atoms with van der Waals surface area (Å²) in [6.07, 6.45) is 1.13. The molecule has 0 aliphatic carbocycles. The van der Waals surface area contributed by atoms with Crippen LogP contribution in [-0.4, -0.2) is 57.5 Å². The summed E-state index contributed by atoms with van der Waals surface area (Å²) in [7, 11) is 3.41. The molecule has 0 fully saturated rings. The highest BCUT2D eigenvalue weighted by Gasteiger charge is 2.15. The van der Waals surface area contributed by atoms with Crippen molar-refractivity contribution in [3.63, 3.8) is 0 Å². The van der Waals surface area contributed by atoms with Crippen molar-refractivity contribution in [1.82, 2.24) is 4.90 Å². The molecule has 0 saturated carbocycles. The van der Waals surface area contributed by atoms with Gasteiger partial charge in [0, 0.05) is 39.4 Å². The van der Waals surface area contributed by atoms with Gasteiger partial charge >= 0.3 is 0 Å². The third kappa shape index (κ3) is 6.84. The topological polar surface area (TPSA) is 47.7 Å². The Morgan fingerprint density at radius 2 is 1.93 bits per heavy atom. The van der Waals surface area contributed by atoms with Crippen molar-refractivity contribution in [3.05, 3.63) is 0 Å². The zero-order chi connectivity index (χ0) is 11.7. The van der Waals surface area contributed by atoms with E-state index in [1.54, 1.807) is 14.2 Å². The molecule has 15 heavy (non-hydrogen) atoms. The minimum atomic E-state index is 0.0841. The van der Waals surface area contributed by atoms with E-state index in [0.717, 1.165) is 26.1 Å². The number of hydrogen-bond acceptors (Lipinski definition) is 4. The average molecular weight is 218 g/mol. The van der Waals surface area contributed by atoms with Crippen LogP contribution in [-0.2, 0) is 9.47 Å². The largest absolute Gasteiger partial charge is 0.383 e. The molecule has 0 heterocycles. The van der Waals surface area contributed by atoms with E-state index in [4.69, 9.17) is 15.2 Å². The van der Waals surface area contributed by atoms with Crippen LogP contribution in [0.3, 0.4) is 0 Å². The fraction of sp³-hybridized carbons (Fsp3) is 1.00. The molecule has 2 atom stereocenters. The maximum absolute atomic E-state index is 5.94. The molecule has 0 saturated heterocycles. The van der Waals surface area contributed by atoms with E-state index >= 15 is 0 Å². The first-order valence-electron chi connectivity index (χ1n) is 5.63. The molecule has 0 aliphatic heterocycles. The number of ether oxygens (including phenoxy) is 2. The molecule has 0 aliphatic rings. The van der Waals surface area contributed by atoms with Crippen LogP contribution in [0.15, 0.2) is 0 Å². The lowest BCUT2D eigenvalue weighted by Gasteiger charge is -2.30. The van der Waals surface area contributed by atoms with Gasteiger partial charge < -0.3 is 15.2 Å². The third-order valence-corrected chi connectivity index (χ3v) is 2.65. The summed E-state index contributed by atoms with van der Waals surface area (Å²) in [5, 5.41) is 0. The normalized spacial score (nSPS) is 15.6. The van der Waals surface area contributed by atoms with Crippen molar-refractivity contribution in [2.75, 3.05) is 40.5 Å². The highest BCUT2D eigenvalue weighted by atomic mass is 16.5. The molecule has 0 bridgehead atoms. The molecule has 0 rings (SSSR count). The zero-order valence-corrected chi connectivity index (χ0v) is 10.5. The first kappa shape index (κ1) is 14.8. The Hall–Kier alpha value is -0.160. The van der Waals surface area contributed by atoms with Crippen molar-refractivity contribution in [2.45, 2.75) is 32.4 Å². The second-order valence-electron chi connectivity index (χ2n) is 3.96. The lowest BCUT2D eigenvalue weighted by molar-refractivity contribution is 0.101. The van der Waals surface area contributed by atoms with Gasteiger partial charge in [-0.25, -0.2) is 0 Å². The van der Waals surface area contributed by atoms with Crippen LogP contribution in [0.1, 0.15) is 20.3 Å².